The van der Waals surface area contributed by atoms with Crippen LogP contribution in [-0.4, -0.2) is 40.9 Å². The summed E-state index contributed by atoms with van der Waals surface area (Å²) in [5.41, 5.74) is 0.811. The second-order valence-electron chi connectivity index (χ2n) is 6.39. The van der Waals surface area contributed by atoms with Crippen molar-refractivity contribution in [1.82, 2.24) is 14.8 Å². The van der Waals surface area contributed by atoms with Crippen molar-refractivity contribution in [3.63, 3.8) is 0 Å². The minimum atomic E-state index is -0.192. The molecule has 1 amide bonds. The van der Waals surface area contributed by atoms with E-state index in [0.29, 0.717) is 29.0 Å². The van der Waals surface area contributed by atoms with Crippen LogP contribution in [-0.2, 0) is 11.3 Å². The lowest BCUT2D eigenvalue weighted by Crippen LogP contribution is -2.37. The van der Waals surface area contributed by atoms with E-state index in [1.54, 1.807) is 47.2 Å². The third-order valence-corrected chi connectivity index (χ3v) is 5.70. The Labute approximate surface area is 182 Å². The molecule has 0 fully saturated rings. The van der Waals surface area contributed by atoms with Crippen LogP contribution in [0.2, 0.25) is 5.02 Å². The Hall–Kier alpha value is -3.10. The van der Waals surface area contributed by atoms with Crippen molar-refractivity contribution < 1.29 is 14.3 Å². The molecule has 0 aliphatic carbocycles. The number of anilines is 1. The summed E-state index contributed by atoms with van der Waals surface area (Å²) in [6.45, 7) is 0.848. The van der Waals surface area contributed by atoms with Gasteiger partial charge < -0.3 is 9.47 Å². The predicted octanol–water partition coefficient (Wildman–Crippen LogP) is 4.27. The maximum absolute atomic E-state index is 13.0. The number of benzene rings is 2. The van der Waals surface area contributed by atoms with Crippen LogP contribution < -0.4 is 14.4 Å². The Kier molecular flexibility index (Phi) is 6.15. The van der Waals surface area contributed by atoms with Crippen LogP contribution in [0.1, 0.15) is 0 Å². The fourth-order valence-electron chi connectivity index (χ4n) is 2.85. The largest absolute Gasteiger partial charge is 0.497 e. The number of carbonyl (C=O) groups excluding carboxylic acids is 1. The quantitative estimate of drug-likeness (QED) is 0.407. The second kappa shape index (κ2) is 9.15. The van der Waals surface area contributed by atoms with Crippen molar-refractivity contribution in [2.24, 2.45) is 0 Å². The zero-order valence-electron chi connectivity index (χ0n) is 16.2. The van der Waals surface area contributed by atoms with E-state index >= 15 is 0 Å². The molecule has 0 bridgehead atoms. The summed E-state index contributed by atoms with van der Waals surface area (Å²) in [7, 11) is 1.62. The first-order valence-electron chi connectivity index (χ1n) is 9.23. The van der Waals surface area contributed by atoms with E-state index in [1.165, 1.54) is 11.3 Å². The van der Waals surface area contributed by atoms with Crippen LogP contribution in [0.15, 0.2) is 60.9 Å². The highest BCUT2D eigenvalue weighted by Gasteiger charge is 2.21. The van der Waals surface area contributed by atoms with E-state index in [4.69, 9.17) is 21.1 Å². The van der Waals surface area contributed by atoms with Crippen molar-refractivity contribution in [2.45, 2.75) is 6.54 Å². The zero-order chi connectivity index (χ0) is 20.9. The molecule has 2 aromatic carbocycles. The van der Waals surface area contributed by atoms with Gasteiger partial charge in [-0.25, -0.2) is 4.98 Å². The summed E-state index contributed by atoms with van der Waals surface area (Å²) in [4.78, 5) is 19.3. The molecule has 30 heavy (non-hydrogen) atoms. The molecule has 2 heterocycles. The minimum Gasteiger partial charge on any atom is -0.497 e. The fraction of sp³-hybridized carbons (Fsp3) is 0.190. The van der Waals surface area contributed by atoms with Crippen molar-refractivity contribution in [2.75, 3.05) is 25.2 Å². The number of hydrogen-bond acceptors (Lipinski definition) is 6. The van der Waals surface area contributed by atoms with Crippen LogP contribution in [0.25, 0.3) is 10.2 Å². The van der Waals surface area contributed by atoms with Gasteiger partial charge in [0.1, 0.15) is 11.5 Å². The van der Waals surface area contributed by atoms with E-state index in [2.05, 4.69) is 10.1 Å². The molecule has 0 saturated carbocycles. The second-order valence-corrected chi connectivity index (χ2v) is 7.83. The van der Waals surface area contributed by atoms with Crippen molar-refractivity contribution >= 4 is 44.2 Å². The van der Waals surface area contributed by atoms with E-state index in [0.717, 1.165) is 16.0 Å². The first-order chi connectivity index (χ1) is 14.6. The first kappa shape index (κ1) is 20.2. The van der Waals surface area contributed by atoms with Crippen LogP contribution in [0.3, 0.4) is 0 Å². The molecule has 7 nitrogen and oxygen atoms in total. The van der Waals surface area contributed by atoms with Gasteiger partial charge in [-0.3, -0.25) is 14.4 Å². The van der Waals surface area contributed by atoms with Gasteiger partial charge in [-0.1, -0.05) is 22.9 Å². The van der Waals surface area contributed by atoms with Gasteiger partial charge in [0.2, 0.25) is 0 Å². The fourth-order valence-corrected chi connectivity index (χ4v) is 4.01. The molecular weight excluding hydrogens is 424 g/mol. The highest BCUT2D eigenvalue weighted by atomic mass is 35.5. The summed E-state index contributed by atoms with van der Waals surface area (Å²) < 4.78 is 13.7. The Morgan fingerprint density at radius 1 is 1.20 bits per heavy atom. The average Bonchev–Trinajstić information content (AvgIpc) is 3.42. The topological polar surface area (TPSA) is 69.5 Å². The summed E-state index contributed by atoms with van der Waals surface area (Å²) in [5.74, 6) is 1.13. The van der Waals surface area contributed by atoms with Crippen LogP contribution in [0.4, 0.5) is 5.13 Å². The first-order valence-corrected chi connectivity index (χ1v) is 10.4. The Balaban J connectivity index is 1.55. The Morgan fingerprint density at radius 3 is 2.73 bits per heavy atom. The Bertz CT molecular complexity index is 1130. The monoisotopic (exact) mass is 442 g/mol. The van der Waals surface area contributed by atoms with E-state index in [9.17, 15) is 4.79 Å². The summed E-state index contributed by atoms with van der Waals surface area (Å²) in [6.07, 6.45) is 3.57. The molecule has 0 radical (unpaired) electrons. The van der Waals surface area contributed by atoms with Gasteiger partial charge in [-0.15, -0.1) is 0 Å². The molecule has 0 aliphatic heterocycles. The summed E-state index contributed by atoms with van der Waals surface area (Å²) >= 11 is 7.34. The molecule has 0 unspecified atom stereocenters. The molecule has 0 saturated heterocycles. The number of amides is 1. The molecule has 0 N–H and O–H groups in total. The van der Waals surface area contributed by atoms with Crippen molar-refractivity contribution in [3.8, 4) is 11.5 Å². The van der Waals surface area contributed by atoms with Gasteiger partial charge in [0.25, 0.3) is 5.91 Å². The van der Waals surface area contributed by atoms with Gasteiger partial charge in [-0.05, 0) is 48.5 Å². The Morgan fingerprint density at radius 2 is 2.00 bits per heavy atom. The number of fused-ring (bicyclic) bond motifs is 1. The zero-order valence-corrected chi connectivity index (χ0v) is 17.8. The van der Waals surface area contributed by atoms with Gasteiger partial charge in [0, 0.05) is 24.0 Å². The molecule has 9 heteroatoms. The highest BCUT2D eigenvalue weighted by Crippen LogP contribution is 2.31. The van der Waals surface area contributed by atoms with Gasteiger partial charge in [0.05, 0.1) is 23.9 Å². The average molecular weight is 443 g/mol. The summed E-state index contributed by atoms with van der Waals surface area (Å²) in [6, 6.07) is 14.4. The molecule has 4 rings (SSSR count). The van der Waals surface area contributed by atoms with Crippen LogP contribution in [0, 0.1) is 0 Å². The third-order valence-electron chi connectivity index (χ3n) is 4.40. The molecule has 0 atom stereocenters. The lowest BCUT2D eigenvalue weighted by Gasteiger charge is -2.20. The smallest absolute Gasteiger partial charge is 0.266 e. The van der Waals surface area contributed by atoms with Crippen LogP contribution >= 0.6 is 22.9 Å². The number of methoxy groups -OCH3 is 1. The number of nitrogens with zero attached hydrogens (tertiary/aromatic N) is 4. The number of hydrogen-bond donors (Lipinski definition) is 0. The number of rotatable bonds is 8. The summed E-state index contributed by atoms with van der Waals surface area (Å²) in [5, 5.41) is 5.43. The molecule has 4 aromatic rings. The lowest BCUT2D eigenvalue weighted by molar-refractivity contribution is -0.120. The number of carbonyl (C=O) groups is 1. The highest BCUT2D eigenvalue weighted by molar-refractivity contribution is 7.22. The number of ether oxygens (including phenoxy) is 2. The lowest BCUT2D eigenvalue weighted by atomic mass is 10.3. The molecular formula is C21H19ClN4O3S. The van der Waals surface area contributed by atoms with Crippen molar-refractivity contribution in [1.29, 1.82) is 0 Å². The molecule has 2 aromatic heterocycles. The number of halogens is 1. The molecule has 0 aliphatic rings. The van der Waals surface area contributed by atoms with Gasteiger partial charge in [-0.2, -0.15) is 5.10 Å². The SMILES string of the molecule is COc1ccc2nc(N(CCn3cccn3)C(=O)COc3ccc(Cl)cc3)sc2c1. The van der Waals surface area contributed by atoms with E-state index < -0.39 is 0 Å². The van der Waals surface area contributed by atoms with Gasteiger partial charge >= 0.3 is 0 Å². The maximum atomic E-state index is 13.0. The van der Waals surface area contributed by atoms with Crippen LogP contribution in [0.5, 0.6) is 11.5 Å². The molecule has 0 spiro atoms. The number of aromatic nitrogens is 3. The maximum Gasteiger partial charge on any atom is 0.266 e. The standard InChI is InChI=1S/C21H19ClN4O3S/c1-28-17-7-8-18-19(13-17)30-21(24-18)26(12-11-25-10-2-9-23-25)20(27)14-29-16-5-3-15(22)4-6-16/h2-10,13H,11-12,14H2,1H3. The van der Waals surface area contributed by atoms with Crippen molar-refractivity contribution in [3.05, 3.63) is 65.9 Å². The van der Waals surface area contributed by atoms with E-state index in [-0.39, 0.29) is 12.5 Å². The van der Waals surface area contributed by atoms with E-state index in [1.807, 2.05) is 30.5 Å². The number of thiazole rings is 1. The normalized spacial score (nSPS) is 10.9. The predicted molar refractivity (Wildman–Crippen MR) is 118 cm³/mol. The van der Waals surface area contributed by atoms with Gasteiger partial charge in [0.15, 0.2) is 11.7 Å². The third kappa shape index (κ3) is 4.72. The minimum absolute atomic E-state index is 0.111. The molecule has 154 valence electrons.